The highest BCUT2D eigenvalue weighted by Gasteiger charge is 2.28. The van der Waals surface area contributed by atoms with E-state index in [1.165, 1.54) is 12.1 Å². The van der Waals surface area contributed by atoms with E-state index >= 15 is 0 Å². The highest BCUT2D eigenvalue weighted by atomic mass is 19.1. The summed E-state index contributed by atoms with van der Waals surface area (Å²) in [4.78, 5) is 0. The van der Waals surface area contributed by atoms with Crippen LogP contribution in [0.1, 0.15) is 26.7 Å². The fourth-order valence-electron chi connectivity index (χ4n) is 2.14. The summed E-state index contributed by atoms with van der Waals surface area (Å²) in [6.07, 6.45) is 1.98. The Morgan fingerprint density at radius 3 is 2.62 bits per heavy atom. The number of anilines is 1. The van der Waals surface area contributed by atoms with Gasteiger partial charge in [-0.15, -0.1) is 0 Å². The fraction of sp³-hybridized carbons (Fsp3) is 0.538. The summed E-state index contributed by atoms with van der Waals surface area (Å²) in [5, 5.41) is 3.42. The lowest BCUT2D eigenvalue weighted by Crippen LogP contribution is -2.40. The number of halogens is 1. The summed E-state index contributed by atoms with van der Waals surface area (Å²) in [6.45, 7) is 4.99. The Labute approximate surface area is 95.8 Å². The first-order chi connectivity index (χ1) is 7.55. The van der Waals surface area contributed by atoms with Crippen molar-refractivity contribution >= 4 is 5.69 Å². The predicted molar refractivity (Wildman–Crippen MR) is 63.1 cm³/mol. The van der Waals surface area contributed by atoms with Crippen LogP contribution in [0.5, 0.6) is 0 Å². The van der Waals surface area contributed by atoms with Crippen LogP contribution in [-0.4, -0.2) is 18.2 Å². The molecule has 0 spiro atoms. The maximum atomic E-state index is 12.7. The van der Waals surface area contributed by atoms with Crippen molar-refractivity contribution in [2.75, 3.05) is 11.9 Å². The molecule has 1 aromatic carbocycles. The summed E-state index contributed by atoms with van der Waals surface area (Å²) in [6, 6.07) is 6.92. The van der Waals surface area contributed by atoms with Crippen LogP contribution in [0.4, 0.5) is 10.1 Å². The molecule has 2 rings (SSSR count). The Kier molecular flexibility index (Phi) is 3.15. The summed E-state index contributed by atoms with van der Waals surface area (Å²) in [5.41, 5.74) is 0.916. The van der Waals surface area contributed by atoms with Crippen LogP contribution in [0, 0.1) is 5.82 Å². The minimum absolute atomic E-state index is 0.0596. The van der Waals surface area contributed by atoms with E-state index in [2.05, 4.69) is 19.2 Å². The molecule has 0 amide bonds. The molecule has 1 fully saturated rings. The fourth-order valence-corrected chi connectivity index (χ4v) is 2.14. The third-order valence-corrected chi connectivity index (χ3v) is 2.91. The molecule has 88 valence electrons. The second-order valence-corrected chi connectivity index (χ2v) is 4.95. The monoisotopic (exact) mass is 223 g/mol. The van der Waals surface area contributed by atoms with Gasteiger partial charge < -0.3 is 10.1 Å². The van der Waals surface area contributed by atoms with Crippen LogP contribution in [0.3, 0.4) is 0 Å². The van der Waals surface area contributed by atoms with E-state index in [0.717, 1.165) is 25.1 Å². The van der Waals surface area contributed by atoms with Gasteiger partial charge >= 0.3 is 0 Å². The molecule has 1 unspecified atom stereocenters. The average molecular weight is 223 g/mol. The Morgan fingerprint density at radius 2 is 2.00 bits per heavy atom. The van der Waals surface area contributed by atoms with E-state index in [1.54, 1.807) is 12.1 Å². The van der Waals surface area contributed by atoms with Gasteiger partial charge in [0.05, 0.1) is 5.60 Å². The van der Waals surface area contributed by atoms with Crippen LogP contribution in [0.2, 0.25) is 0 Å². The van der Waals surface area contributed by atoms with Gasteiger partial charge in [-0.05, 0) is 51.0 Å². The van der Waals surface area contributed by atoms with E-state index in [9.17, 15) is 4.39 Å². The zero-order valence-electron chi connectivity index (χ0n) is 9.79. The molecule has 1 atom stereocenters. The SMILES string of the molecule is CC1(C)CC(Nc2ccc(F)cc2)CCO1. The second-order valence-electron chi connectivity index (χ2n) is 4.95. The molecule has 0 bridgehead atoms. The maximum absolute atomic E-state index is 12.7. The molecule has 1 saturated heterocycles. The first-order valence-corrected chi connectivity index (χ1v) is 5.71. The van der Waals surface area contributed by atoms with E-state index in [4.69, 9.17) is 4.74 Å². The third kappa shape index (κ3) is 2.95. The van der Waals surface area contributed by atoms with Gasteiger partial charge in [-0.25, -0.2) is 4.39 Å². The molecule has 1 heterocycles. The van der Waals surface area contributed by atoms with Gasteiger partial charge in [0.15, 0.2) is 0 Å². The largest absolute Gasteiger partial charge is 0.382 e. The molecule has 0 radical (unpaired) electrons. The van der Waals surface area contributed by atoms with Crippen molar-refractivity contribution in [3.63, 3.8) is 0 Å². The predicted octanol–water partition coefficient (Wildman–Crippen LogP) is 3.20. The number of rotatable bonds is 2. The van der Waals surface area contributed by atoms with Crippen molar-refractivity contribution in [3.8, 4) is 0 Å². The van der Waals surface area contributed by atoms with Crippen LogP contribution in [0.25, 0.3) is 0 Å². The number of nitrogens with one attached hydrogen (secondary N) is 1. The smallest absolute Gasteiger partial charge is 0.123 e. The minimum atomic E-state index is -0.196. The third-order valence-electron chi connectivity index (χ3n) is 2.91. The van der Waals surface area contributed by atoms with Gasteiger partial charge in [0.25, 0.3) is 0 Å². The molecule has 1 aromatic rings. The van der Waals surface area contributed by atoms with Crippen LogP contribution < -0.4 is 5.32 Å². The van der Waals surface area contributed by atoms with E-state index in [0.29, 0.717) is 6.04 Å². The van der Waals surface area contributed by atoms with Crippen molar-refractivity contribution in [2.24, 2.45) is 0 Å². The van der Waals surface area contributed by atoms with E-state index in [-0.39, 0.29) is 11.4 Å². The summed E-state index contributed by atoms with van der Waals surface area (Å²) in [7, 11) is 0. The van der Waals surface area contributed by atoms with Crippen molar-refractivity contribution in [3.05, 3.63) is 30.1 Å². The topological polar surface area (TPSA) is 21.3 Å². The van der Waals surface area contributed by atoms with Crippen LogP contribution >= 0.6 is 0 Å². The Hall–Kier alpha value is -1.09. The number of ether oxygens (including phenoxy) is 1. The average Bonchev–Trinajstić information content (AvgIpc) is 2.20. The molecule has 16 heavy (non-hydrogen) atoms. The lowest BCUT2D eigenvalue weighted by molar-refractivity contribution is -0.0553. The molecule has 2 nitrogen and oxygen atoms in total. The molecule has 0 aliphatic carbocycles. The van der Waals surface area contributed by atoms with Crippen molar-refractivity contribution < 1.29 is 9.13 Å². The summed E-state index contributed by atoms with van der Waals surface area (Å²) >= 11 is 0. The Balaban J connectivity index is 1.97. The summed E-state index contributed by atoms with van der Waals surface area (Å²) < 4.78 is 18.4. The van der Waals surface area contributed by atoms with Gasteiger partial charge in [0.2, 0.25) is 0 Å². The molecular formula is C13H18FNO. The van der Waals surface area contributed by atoms with Gasteiger partial charge in [0, 0.05) is 18.3 Å². The van der Waals surface area contributed by atoms with Crippen molar-refractivity contribution in [2.45, 2.75) is 38.3 Å². The maximum Gasteiger partial charge on any atom is 0.123 e. The quantitative estimate of drug-likeness (QED) is 0.831. The number of hydrogen-bond donors (Lipinski definition) is 1. The molecule has 1 aliphatic rings. The normalized spacial score (nSPS) is 24.1. The van der Waals surface area contributed by atoms with Crippen molar-refractivity contribution in [1.82, 2.24) is 0 Å². The first-order valence-electron chi connectivity index (χ1n) is 5.71. The first kappa shape index (κ1) is 11.4. The second kappa shape index (κ2) is 4.42. The van der Waals surface area contributed by atoms with Gasteiger partial charge in [-0.3, -0.25) is 0 Å². The Bertz CT molecular complexity index is 347. The molecule has 1 aliphatic heterocycles. The minimum Gasteiger partial charge on any atom is -0.382 e. The van der Waals surface area contributed by atoms with Crippen molar-refractivity contribution in [1.29, 1.82) is 0 Å². The molecule has 1 N–H and O–H groups in total. The van der Waals surface area contributed by atoms with Gasteiger partial charge in [0.1, 0.15) is 5.82 Å². The highest BCUT2D eigenvalue weighted by Crippen LogP contribution is 2.26. The van der Waals surface area contributed by atoms with E-state index in [1.807, 2.05) is 0 Å². The number of hydrogen-bond acceptors (Lipinski definition) is 2. The molecule has 0 saturated carbocycles. The number of benzene rings is 1. The zero-order valence-corrected chi connectivity index (χ0v) is 9.79. The lowest BCUT2D eigenvalue weighted by Gasteiger charge is -2.36. The molecule has 0 aromatic heterocycles. The standard InChI is InChI=1S/C13H18FNO/c1-13(2)9-12(7-8-16-13)15-11-5-3-10(14)4-6-11/h3-6,12,15H,7-9H2,1-2H3. The molecular weight excluding hydrogens is 205 g/mol. The van der Waals surface area contributed by atoms with Crippen LogP contribution in [0.15, 0.2) is 24.3 Å². The highest BCUT2D eigenvalue weighted by molar-refractivity contribution is 5.43. The lowest BCUT2D eigenvalue weighted by atomic mass is 9.94. The van der Waals surface area contributed by atoms with Gasteiger partial charge in [-0.1, -0.05) is 0 Å². The molecule has 3 heteroatoms. The van der Waals surface area contributed by atoms with Gasteiger partial charge in [-0.2, -0.15) is 0 Å². The summed E-state index contributed by atoms with van der Waals surface area (Å²) in [5.74, 6) is -0.196. The van der Waals surface area contributed by atoms with Crippen LogP contribution in [-0.2, 0) is 4.74 Å². The van der Waals surface area contributed by atoms with E-state index < -0.39 is 0 Å². The zero-order chi connectivity index (χ0) is 11.6. The Morgan fingerprint density at radius 1 is 1.31 bits per heavy atom.